The van der Waals surface area contributed by atoms with Gasteiger partial charge in [-0.05, 0) is 17.0 Å². The topological polar surface area (TPSA) is 29.5 Å². The molecule has 0 heterocycles. The van der Waals surface area contributed by atoms with E-state index < -0.39 is 12.8 Å². The van der Waals surface area contributed by atoms with Crippen molar-refractivity contribution in [3.05, 3.63) is 42.0 Å². The van der Waals surface area contributed by atoms with E-state index in [0.717, 1.165) is 16.5 Å². The van der Waals surface area contributed by atoms with Crippen LogP contribution in [0.25, 0.3) is 10.8 Å². The van der Waals surface area contributed by atoms with Crippen LogP contribution in [0.1, 0.15) is 11.7 Å². The number of hydrogen-bond acceptors (Lipinski definition) is 2. The lowest BCUT2D eigenvalue weighted by Crippen LogP contribution is -2.00. The summed E-state index contributed by atoms with van der Waals surface area (Å²) in [5.74, 6) is 0.727. The molecule has 1 atom stereocenters. The van der Waals surface area contributed by atoms with Crippen LogP contribution >= 0.6 is 0 Å². The van der Waals surface area contributed by atoms with E-state index in [9.17, 15) is 9.50 Å². The van der Waals surface area contributed by atoms with Crippen LogP contribution in [-0.2, 0) is 0 Å². The fourth-order valence-corrected chi connectivity index (χ4v) is 1.85. The molecule has 2 nitrogen and oxygen atoms in total. The van der Waals surface area contributed by atoms with Crippen molar-refractivity contribution in [2.45, 2.75) is 6.10 Å². The normalized spacial score (nSPS) is 12.7. The molecule has 0 aliphatic heterocycles. The molecular formula is C13H13FO2. The first-order valence-electron chi connectivity index (χ1n) is 5.07. The van der Waals surface area contributed by atoms with Gasteiger partial charge >= 0.3 is 0 Å². The molecular weight excluding hydrogens is 207 g/mol. The molecule has 0 fully saturated rings. The van der Waals surface area contributed by atoms with Gasteiger partial charge in [0.15, 0.2) is 0 Å². The van der Waals surface area contributed by atoms with Crippen LogP contribution in [0.2, 0.25) is 0 Å². The van der Waals surface area contributed by atoms with Crippen molar-refractivity contribution in [1.29, 1.82) is 0 Å². The van der Waals surface area contributed by atoms with Gasteiger partial charge < -0.3 is 9.84 Å². The Balaban J connectivity index is 2.69. The van der Waals surface area contributed by atoms with Crippen molar-refractivity contribution in [1.82, 2.24) is 0 Å². The first-order valence-corrected chi connectivity index (χ1v) is 5.07. The Morgan fingerprint density at radius 1 is 1.19 bits per heavy atom. The van der Waals surface area contributed by atoms with E-state index in [4.69, 9.17) is 4.74 Å². The molecule has 3 heteroatoms. The SMILES string of the molecule is COc1ccc(C(O)CF)c2ccccc12. The maximum Gasteiger partial charge on any atom is 0.126 e. The van der Waals surface area contributed by atoms with E-state index in [1.807, 2.05) is 24.3 Å². The van der Waals surface area contributed by atoms with Crippen molar-refractivity contribution in [2.75, 3.05) is 13.8 Å². The highest BCUT2D eigenvalue weighted by Crippen LogP contribution is 2.31. The molecule has 2 rings (SSSR count). The van der Waals surface area contributed by atoms with E-state index in [1.54, 1.807) is 19.2 Å². The summed E-state index contributed by atoms with van der Waals surface area (Å²) in [5.41, 5.74) is 0.596. The van der Waals surface area contributed by atoms with Crippen LogP contribution in [0.4, 0.5) is 4.39 Å². The second kappa shape index (κ2) is 4.49. The van der Waals surface area contributed by atoms with Crippen LogP contribution in [0, 0.1) is 0 Å². The Morgan fingerprint density at radius 2 is 1.88 bits per heavy atom. The number of halogens is 1. The number of alkyl halides is 1. The zero-order chi connectivity index (χ0) is 11.5. The van der Waals surface area contributed by atoms with E-state index in [0.29, 0.717) is 5.56 Å². The number of methoxy groups -OCH3 is 1. The zero-order valence-electron chi connectivity index (χ0n) is 8.98. The van der Waals surface area contributed by atoms with Gasteiger partial charge in [0.2, 0.25) is 0 Å². The molecule has 1 unspecified atom stereocenters. The van der Waals surface area contributed by atoms with Crippen molar-refractivity contribution in [2.24, 2.45) is 0 Å². The standard InChI is InChI=1S/C13H13FO2/c1-16-13-7-6-10(12(15)8-14)9-4-2-3-5-11(9)13/h2-7,12,15H,8H2,1H3. The quantitative estimate of drug-likeness (QED) is 0.861. The largest absolute Gasteiger partial charge is 0.496 e. The molecule has 0 saturated heterocycles. The maximum atomic E-state index is 12.5. The summed E-state index contributed by atoms with van der Waals surface area (Å²) in [6.45, 7) is -0.781. The number of aliphatic hydroxyl groups excluding tert-OH is 1. The molecule has 0 bridgehead atoms. The lowest BCUT2D eigenvalue weighted by atomic mass is 10.0. The first-order chi connectivity index (χ1) is 7.77. The molecule has 0 radical (unpaired) electrons. The highest BCUT2D eigenvalue weighted by atomic mass is 19.1. The number of rotatable bonds is 3. The average molecular weight is 220 g/mol. The van der Waals surface area contributed by atoms with Crippen molar-refractivity contribution in [3.8, 4) is 5.75 Å². The Labute approximate surface area is 93.3 Å². The predicted molar refractivity (Wildman–Crippen MR) is 61.4 cm³/mol. The van der Waals surface area contributed by atoms with E-state index in [1.165, 1.54) is 0 Å². The van der Waals surface area contributed by atoms with Gasteiger partial charge in [-0.1, -0.05) is 30.3 Å². The highest BCUT2D eigenvalue weighted by molar-refractivity contribution is 5.91. The lowest BCUT2D eigenvalue weighted by Gasteiger charge is -2.12. The summed E-state index contributed by atoms with van der Waals surface area (Å²) in [6.07, 6.45) is -1.07. The highest BCUT2D eigenvalue weighted by Gasteiger charge is 2.12. The minimum Gasteiger partial charge on any atom is -0.496 e. The predicted octanol–water partition coefficient (Wildman–Crippen LogP) is 2.85. The van der Waals surface area contributed by atoms with Gasteiger partial charge in [0.25, 0.3) is 0 Å². The Hall–Kier alpha value is -1.61. The van der Waals surface area contributed by atoms with E-state index >= 15 is 0 Å². The number of fused-ring (bicyclic) bond motifs is 1. The minimum absolute atomic E-state index is 0.596. The molecule has 2 aromatic carbocycles. The second-order valence-electron chi connectivity index (χ2n) is 3.57. The molecule has 0 aliphatic rings. The molecule has 84 valence electrons. The van der Waals surface area contributed by atoms with Gasteiger partial charge in [-0.3, -0.25) is 0 Å². The molecule has 16 heavy (non-hydrogen) atoms. The summed E-state index contributed by atoms with van der Waals surface area (Å²) in [4.78, 5) is 0. The number of ether oxygens (including phenoxy) is 1. The monoisotopic (exact) mass is 220 g/mol. The molecule has 1 N–H and O–H groups in total. The number of benzene rings is 2. The molecule has 2 aromatic rings. The third kappa shape index (κ3) is 1.74. The van der Waals surface area contributed by atoms with Crippen LogP contribution in [0.3, 0.4) is 0 Å². The maximum absolute atomic E-state index is 12.5. The third-order valence-corrected chi connectivity index (χ3v) is 2.64. The summed E-state index contributed by atoms with van der Waals surface area (Å²) in [5, 5.41) is 11.3. The van der Waals surface area contributed by atoms with Crippen molar-refractivity contribution in [3.63, 3.8) is 0 Å². The Morgan fingerprint density at radius 3 is 2.50 bits per heavy atom. The van der Waals surface area contributed by atoms with E-state index in [2.05, 4.69) is 0 Å². The van der Waals surface area contributed by atoms with Crippen LogP contribution in [0.5, 0.6) is 5.75 Å². The van der Waals surface area contributed by atoms with Gasteiger partial charge in [0.1, 0.15) is 18.5 Å². The van der Waals surface area contributed by atoms with Crippen molar-refractivity contribution < 1.29 is 14.2 Å². The summed E-state index contributed by atoms with van der Waals surface area (Å²) in [6, 6.07) is 10.9. The van der Waals surface area contributed by atoms with Crippen LogP contribution in [0.15, 0.2) is 36.4 Å². The molecule has 0 saturated carbocycles. The van der Waals surface area contributed by atoms with Crippen LogP contribution in [-0.4, -0.2) is 18.9 Å². The third-order valence-electron chi connectivity index (χ3n) is 2.64. The van der Waals surface area contributed by atoms with Gasteiger partial charge in [0, 0.05) is 5.39 Å². The van der Waals surface area contributed by atoms with Gasteiger partial charge in [-0.2, -0.15) is 0 Å². The molecule has 0 aliphatic carbocycles. The Kier molecular flexibility index (Phi) is 3.06. The smallest absolute Gasteiger partial charge is 0.126 e. The molecule has 0 spiro atoms. The minimum atomic E-state index is -1.07. The van der Waals surface area contributed by atoms with Gasteiger partial charge in [-0.15, -0.1) is 0 Å². The number of hydrogen-bond donors (Lipinski definition) is 1. The van der Waals surface area contributed by atoms with Crippen molar-refractivity contribution >= 4 is 10.8 Å². The van der Waals surface area contributed by atoms with Gasteiger partial charge in [-0.25, -0.2) is 4.39 Å². The Bertz CT molecular complexity index is 496. The fourth-order valence-electron chi connectivity index (χ4n) is 1.85. The van der Waals surface area contributed by atoms with Gasteiger partial charge in [0.05, 0.1) is 7.11 Å². The summed E-state index contributed by atoms with van der Waals surface area (Å²) >= 11 is 0. The first kappa shape index (κ1) is 10.9. The lowest BCUT2D eigenvalue weighted by molar-refractivity contribution is 0.143. The van der Waals surface area contributed by atoms with Crippen LogP contribution < -0.4 is 4.74 Å². The zero-order valence-corrected chi connectivity index (χ0v) is 8.98. The fraction of sp³-hybridized carbons (Fsp3) is 0.231. The number of aliphatic hydroxyl groups is 1. The summed E-state index contributed by atoms with van der Waals surface area (Å²) in [7, 11) is 1.59. The van der Waals surface area contributed by atoms with E-state index in [-0.39, 0.29) is 0 Å². The second-order valence-corrected chi connectivity index (χ2v) is 3.57. The molecule has 0 amide bonds. The molecule has 0 aromatic heterocycles. The average Bonchev–Trinajstić information content (AvgIpc) is 2.36. The summed E-state index contributed by atoms with van der Waals surface area (Å²) < 4.78 is 17.7.